The molecule has 2 aromatic rings. The predicted octanol–water partition coefficient (Wildman–Crippen LogP) is 3.20. The second-order valence-electron chi connectivity index (χ2n) is 5.73. The standard InChI is InChI=1S/C15H21N3S/c1-12(13-3-8-19-10-13)18-11-17-9-14(18)15(2)4-6-16-7-5-15/h3,8-12,16H,4-7H2,1-2H3. The third kappa shape index (κ3) is 2.35. The zero-order valence-corrected chi connectivity index (χ0v) is 12.4. The summed E-state index contributed by atoms with van der Waals surface area (Å²) in [5, 5.41) is 7.83. The minimum atomic E-state index is 0.256. The molecule has 0 bridgehead atoms. The predicted molar refractivity (Wildman–Crippen MR) is 79.8 cm³/mol. The van der Waals surface area contributed by atoms with E-state index in [1.54, 1.807) is 11.3 Å². The Bertz CT molecular complexity index is 523. The number of hydrogen-bond acceptors (Lipinski definition) is 3. The van der Waals surface area contributed by atoms with Gasteiger partial charge in [-0.3, -0.25) is 0 Å². The van der Waals surface area contributed by atoms with Crippen molar-refractivity contribution in [2.75, 3.05) is 13.1 Å². The number of thiophene rings is 1. The SMILES string of the molecule is CC(c1ccsc1)n1cncc1C1(C)CCNCC1. The second kappa shape index (κ2) is 5.10. The fraction of sp³-hybridized carbons (Fsp3) is 0.533. The lowest BCUT2D eigenvalue weighted by molar-refractivity contribution is 0.314. The maximum atomic E-state index is 4.42. The first-order valence-electron chi connectivity index (χ1n) is 6.96. The van der Waals surface area contributed by atoms with Crippen LogP contribution in [0.25, 0.3) is 0 Å². The van der Waals surface area contributed by atoms with Crippen molar-refractivity contribution < 1.29 is 0 Å². The highest BCUT2D eigenvalue weighted by Gasteiger charge is 2.32. The number of aromatic nitrogens is 2. The third-order valence-corrected chi connectivity index (χ3v) is 5.14. The van der Waals surface area contributed by atoms with Crippen molar-refractivity contribution in [3.8, 4) is 0 Å². The second-order valence-corrected chi connectivity index (χ2v) is 6.51. The van der Waals surface area contributed by atoms with Crippen LogP contribution in [0.15, 0.2) is 29.4 Å². The highest BCUT2D eigenvalue weighted by Crippen LogP contribution is 2.35. The van der Waals surface area contributed by atoms with Crippen LogP contribution in [0.2, 0.25) is 0 Å². The monoisotopic (exact) mass is 275 g/mol. The Morgan fingerprint density at radius 1 is 1.42 bits per heavy atom. The van der Waals surface area contributed by atoms with Gasteiger partial charge in [0.25, 0.3) is 0 Å². The fourth-order valence-electron chi connectivity index (χ4n) is 2.99. The highest BCUT2D eigenvalue weighted by atomic mass is 32.1. The van der Waals surface area contributed by atoms with Crippen LogP contribution in [-0.4, -0.2) is 22.6 Å². The van der Waals surface area contributed by atoms with E-state index in [1.807, 2.05) is 6.33 Å². The quantitative estimate of drug-likeness (QED) is 0.932. The molecule has 1 saturated heterocycles. The van der Waals surface area contributed by atoms with Crippen LogP contribution in [0, 0.1) is 0 Å². The molecule has 0 saturated carbocycles. The van der Waals surface area contributed by atoms with E-state index in [9.17, 15) is 0 Å². The molecule has 2 aromatic heterocycles. The molecule has 3 heterocycles. The average molecular weight is 275 g/mol. The van der Waals surface area contributed by atoms with Crippen LogP contribution < -0.4 is 5.32 Å². The van der Waals surface area contributed by atoms with Crippen molar-refractivity contribution in [2.24, 2.45) is 0 Å². The molecule has 0 radical (unpaired) electrons. The van der Waals surface area contributed by atoms with Gasteiger partial charge in [0.05, 0.1) is 12.4 Å². The van der Waals surface area contributed by atoms with Crippen LogP contribution in [0.4, 0.5) is 0 Å². The summed E-state index contributed by atoms with van der Waals surface area (Å²) in [4.78, 5) is 4.42. The van der Waals surface area contributed by atoms with Gasteiger partial charge in [0, 0.05) is 17.3 Å². The summed E-state index contributed by atoms with van der Waals surface area (Å²) >= 11 is 1.76. The van der Waals surface area contributed by atoms with Gasteiger partial charge in [-0.25, -0.2) is 4.98 Å². The summed E-state index contributed by atoms with van der Waals surface area (Å²) in [6, 6.07) is 2.58. The van der Waals surface area contributed by atoms with Crippen molar-refractivity contribution in [2.45, 2.75) is 38.1 Å². The van der Waals surface area contributed by atoms with E-state index in [0.717, 1.165) is 13.1 Å². The summed E-state index contributed by atoms with van der Waals surface area (Å²) in [6.45, 7) is 6.85. The molecule has 1 atom stereocenters. The zero-order valence-electron chi connectivity index (χ0n) is 11.6. The first-order chi connectivity index (χ1) is 9.21. The van der Waals surface area contributed by atoms with E-state index in [2.05, 4.69) is 51.7 Å². The average Bonchev–Trinajstić information content (AvgIpc) is 3.10. The number of imidazole rings is 1. The molecular formula is C15H21N3S. The number of hydrogen-bond donors (Lipinski definition) is 1. The largest absolute Gasteiger partial charge is 0.327 e. The normalized spacial score (nSPS) is 20.3. The summed E-state index contributed by atoms with van der Waals surface area (Å²) in [5.74, 6) is 0. The van der Waals surface area contributed by atoms with Gasteiger partial charge in [-0.15, -0.1) is 0 Å². The lowest BCUT2D eigenvalue weighted by Gasteiger charge is -2.35. The first-order valence-corrected chi connectivity index (χ1v) is 7.90. The van der Waals surface area contributed by atoms with Crippen molar-refractivity contribution in [1.29, 1.82) is 0 Å². The maximum absolute atomic E-state index is 4.42. The summed E-state index contributed by atoms with van der Waals surface area (Å²) in [7, 11) is 0. The smallest absolute Gasteiger partial charge is 0.0954 e. The molecule has 0 aromatic carbocycles. The van der Waals surface area contributed by atoms with Gasteiger partial charge in [-0.1, -0.05) is 6.92 Å². The number of rotatable bonds is 3. The molecule has 1 aliphatic rings. The highest BCUT2D eigenvalue weighted by molar-refractivity contribution is 7.07. The number of piperidine rings is 1. The molecule has 0 spiro atoms. The topological polar surface area (TPSA) is 29.9 Å². The van der Waals surface area contributed by atoms with Gasteiger partial charge in [0.1, 0.15) is 0 Å². The van der Waals surface area contributed by atoms with Crippen LogP contribution in [-0.2, 0) is 5.41 Å². The summed E-state index contributed by atoms with van der Waals surface area (Å²) in [6.07, 6.45) is 6.43. The Kier molecular flexibility index (Phi) is 3.46. The number of nitrogens with one attached hydrogen (secondary N) is 1. The van der Waals surface area contributed by atoms with E-state index in [4.69, 9.17) is 0 Å². The van der Waals surface area contributed by atoms with Gasteiger partial charge < -0.3 is 9.88 Å². The van der Waals surface area contributed by atoms with Crippen LogP contribution >= 0.6 is 11.3 Å². The minimum Gasteiger partial charge on any atom is -0.327 e. The molecule has 4 heteroatoms. The molecule has 3 rings (SSSR count). The molecule has 0 amide bonds. The molecule has 1 fully saturated rings. The van der Waals surface area contributed by atoms with Crippen molar-refractivity contribution in [1.82, 2.24) is 14.9 Å². The van der Waals surface area contributed by atoms with Crippen LogP contribution in [0.1, 0.15) is 44.0 Å². The Balaban J connectivity index is 1.94. The fourth-order valence-corrected chi connectivity index (χ4v) is 3.74. The van der Waals surface area contributed by atoms with Crippen LogP contribution in [0.3, 0.4) is 0 Å². The molecule has 3 nitrogen and oxygen atoms in total. The minimum absolute atomic E-state index is 0.256. The Morgan fingerprint density at radius 3 is 2.89 bits per heavy atom. The zero-order chi connectivity index (χ0) is 13.3. The van der Waals surface area contributed by atoms with Gasteiger partial charge in [0.15, 0.2) is 0 Å². The lowest BCUT2D eigenvalue weighted by atomic mass is 9.78. The first kappa shape index (κ1) is 12.9. The molecule has 102 valence electrons. The Morgan fingerprint density at radius 2 is 2.21 bits per heavy atom. The lowest BCUT2D eigenvalue weighted by Crippen LogP contribution is -2.39. The molecule has 1 unspecified atom stereocenters. The van der Waals surface area contributed by atoms with Gasteiger partial charge in [-0.2, -0.15) is 11.3 Å². The third-order valence-electron chi connectivity index (χ3n) is 4.43. The van der Waals surface area contributed by atoms with E-state index in [-0.39, 0.29) is 5.41 Å². The Hall–Kier alpha value is -1.13. The van der Waals surface area contributed by atoms with E-state index in [0.29, 0.717) is 6.04 Å². The summed E-state index contributed by atoms with van der Waals surface area (Å²) in [5.41, 5.74) is 3.01. The van der Waals surface area contributed by atoms with Gasteiger partial charge in [0.2, 0.25) is 0 Å². The molecular weight excluding hydrogens is 254 g/mol. The number of nitrogens with zero attached hydrogens (tertiary/aromatic N) is 2. The van der Waals surface area contributed by atoms with E-state index in [1.165, 1.54) is 24.1 Å². The van der Waals surface area contributed by atoms with Crippen molar-refractivity contribution >= 4 is 11.3 Å². The van der Waals surface area contributed by atoms with Crippen molar-refractivity contribution in [3.05, 3.63) is 40.6 Å². The van der Waals surface area contributed by atoms with Gasteiger partial charge in [-0.05, 0) is 55.2 Å². The summed E-state index contributed by atoms with van der Waals surface area (Å²) < 4.78 is 2.35. The molecule has 19 heavy (non-hydrogen) atoms. The maximum Gasteiger partial charge on any atom is 0.0954 e. The molecule has 1 N–H and O–H groups in total. The molecule has 0 aliphatic carbocycles. The van der Waals surface area contributed by atoms with Crippen LogP contribution in [0.5, 0.6) is 0 Å². The van der Waals surface area contributed by atoms with E-state index >= 15 is 0 Å². The van der Waals surface area contributed by atoms with E-state index < -0.39 is 0 Å². The Labute approximate surface area is 118 Å². The molecule has 1 aliphatic heterocycles. The van der Waals surface area contributed by atoms with Gasteiger partial charge >= 0.3 is 0 Å². The van der Waals surface area contributed by atoms with Crippen molar-refractivity contribution in [3.63, 3.8) is 0 Å².